The standard InChI is InChI=1S/C16H21N5O2/c1-3-4-14(22)21-7-5-12(6-8-21)15-19-20-16(23-15)13-9-17-11(2)18-10-13/h9-10,12H,3-8H2,1-2H3. The monoisotopic (exact) mass is 315 g/mol. The van der Waals surface area contributed by atoms with Gasteiger partial charge in [-0.3, -0.25) is 4.79 Å². The second-order valence-electron chi connectivity index (χ2n) is 5.87. The van der Waals surface area contributed by atoms with Crippen molar-refractivity contribution in [1.29, 1.82) is 0 Å². The largest absolute Gasteiger partial charge is 0.420 e. The molecule has 0 aliphatic carbocycles. The van der Waals surface area contributed by atoms with Crippen molar-refractivity contribution in [2.75, 3.05) is 13.1 Å². The molecule has 0 radical (unpaired) electrons. The van der Waals surface area contributed by atoms with Gasteiger partial charge >= 0.3 is 0 Å². The fraction of sp³-hybridized carbons (Fsp3) is 0.562. The minimum absolute atomic E-state index is 0.216. The van der Waals surface area contributed by atoms with E-state index in [1.54, 1.807) is 12.4 Å². The van der Waals surface area contributed by atoms with Crippen LogP contribution in [0.15, 0.2) is 16.8 Å². The Balaban J connectivity index is 1.63. The van der Waals surface area contributed by atoms with Crippen LogP contribution in [-0.2, 0) is 4.79 Å². The van der Waals surface area contributed by atoms with E-state index in [-0.39, 0.29) is 11.8 Å². The van der Waals surface area contributed by atoms with Crippen LogP contribution in [0.1, 0.15) is 50.2 Å². The zero-order valence-electron chi connectivity index (χ0n) is 13.5. The Morgan fingerprint density at radius 3 is 2.61 bits per heavy atom. The molecule has 3 rings (SSSR count). The molecule has 7 nitrogen and oxygen atoms in total. The summed E-state index contributed by atoms with van der Waals surface area (Å²) in [7, 11) is 0. The first-order chi connectivity index (χ1) is 11.2. The van der Waals surface area contributed by atoms with Gasteiger partial charge in [0.25, 0.3) is 5.89 Å². The van der Waals surface area contributed by atoms with Crippen LogP contribution in [0, 0.1) is 6.92 Å². The van der Waals surface area contributed by atoms with Gasteiger partial charge < -0.3 is 9.32 Å². The van der Waals surface area contributed by atoms with Crippen molar-refractivity contribution in [2.24, 2.45) is 0 Å². The second kappa shape index (κ2) is 6.85. The number of hydrogen-bond donors (Lipinski definition) is 0. The maximum atomic E-state index is 11.9. The fourth-order valence-electron chi connectivity index (χ4n) is 2.77. The summed E-state index contributed by atoms with van der Waals surface area (Å²) in [5.41, 5.74) is 0.727. The lowest BCUT2D eigenvalue weighted by Crippen LogP contribution is -2.37. The summed E-state index contributed by atoms with van der Waals surface area (Å²) >= 11 is 0. The van der Waals surface area contributed by atoms with Gasteiger partial charge in [0, 0.05) is 37.8 Å². The van der Waals surface area contributed by atoms with Crippen molar-refractivity contribution >= 4 is 5.91 Å². The van der Waals surface area contributed by atoms with E-state index in [0.717, 1.165) is 37.9 Å². The van der Waals surface area contributed by atoms with Crippen LogP contribution in [0.3, 0.4) is 0 Å². The van der Waals surface area contributed by atoms with Gasteiger partial charge in [-0.25, -0.2) is 9.97 Å². The number of carbonyl (C=O) groups excluding carboxylic acids is 1. The van der Waals surface area contributed by atoms with Crippen molar-refractivity contribution < 1.29 is 9.21 Å². The lowest BCUT2D eigenvalue weighted by atomic mass is 9.96. The maximum absolute atomic E-state index is 11.9. The minimum Gasteiger partial charge on any atom is -0.420 e. The highest BCUT2D eigenvalue weighted by molar-refractivity contribution is 5.76. The third-order valence-electron chi connectivity index (χ3n) is 4.13. The van der Waals surface area contributed by atoms with Crippen molar-refractivity contribution in [3.63, 3.8) is 0 Å². The number of aromatic nitrogens is 4. The molecule has 0 saturated carbocycles. The van der Waals surface area contributed by atoms with Gasteiger partial charge in [0.2, 0.25) is 11.8 Å². The van der Waals surface area contributed by atoms with Crippen LogP contribution in [-0.4, -0.2) is 44.1 Å². The van der Waals surface area contributed by atoms with E-state index in [4.69, 9.17) is 4.42 Å². The van der Waals surface area contributed by atoms with E-state index in [0.29, 0.717) is 24.0 Å². The van der Waals surface area contributed by atoms with E-state index in [1.165, 1.54) is 0 Å². The van der Waals surface area contributed by atoms with Gasteiger partial charge in [0.15, 0.2) is 0 Å². The third kappa shape index (κ3) is 3.55. The number of carbonyl (C=O) groups is 1. The van der Waals surface area contributed by atoms with E-state index in [9.17, 15) is 4.79 Å². The molecule has 1 saturated heterocycles. The molecule has 2 aromatic rings. The maximum Gasteiger partial charge on any atom is 0.250 e. The van der Waals surface area contributed by atoms with Crippen LogP contribution >= 0.6 is 0 Å². The Hall–Kier alpha value is -2.31. The van der Waals surface area contributed by atoms with Crippen LogP contribution in [0.4, 0.5) is 0 Å². The highest BCUT2D eigenvalue weighted by Crippen LogP contribution is 2.29. The van der Waals surface area contributed by atoms with Crippen LogP contribution < -0.4 is 0 Å². The average molecular weight is 315 g/mol. The first-order valence-corrected chi connectivity index (χ1v) is 8.07. The molecule has 122 valence electrons. The van der Waals surface area contributed by atoms with Gasteiger partial charge in [-0.15, -0.1) is 10.2 Å². The summed E-state index contributed by atoms with van der Waals surface area (Å²) in [6.45, 7) is 5.37. The van der Waals surface area contributed by atoms with Gasteiger partial charge in [0.1, 0.15) is 5.82 Å². The Morgan fingerprint density at radius 2 is 1.96 bits per heavy atom. The Kier molecular flexibility index (Phi) is 4.64. The molecule has 0 bridgehead atoms. The molecule has 1 aliphatic heterocycles. The van der Waals surface area contributed by atoms with Crippen LogP contribution in [0.2, 0.25) is 0 Å². The quantitative estimate of drug-likeness (QED) is 0.861. The van der Waals surface area contributed by atoms with Gasteiger partial charge in [-0.1, -0.05) is 6.92 Å². The van der Waals surface area contributed by atoms with E-state index in [1.807, 2.05) is 18.7 Å². The predicted octanol–water partition coefficient (Wildman–Crippen LogP) is 2.34. The molecule has 0 atom stereocenters. The summed E-state index contributed by atoms with van der Waals surface area (Å²) in [6, 6.07) is 0. The molecule has 23 heavy (non-hydrogen) atoms. The average Bonchev–Trinajstić information content (AvgIpc) is 3.06. The summed E-state index contributed by atoms with van der Waals surface area (Å²) in [5, 5.41) is 8.27. The molecule has 1 aliphatic rings. The lowest BCUT2D eigenvalue weighted by molar-refractivity contribution is -0.132. The summed E-state index contributed by atoms with van der Waals surface area (Å²) in [4.78, 5) is 22.1. The molecule has 1 amide bonds. The van der Waals surface area contributed by atoms with Gasteiger partial charge in [0.05, 0.1) is 5.56 Å². The Morgan fingerprint density at radius 1 is 1.26 bits per heavy atom. The normalized spacial score (nSPS) is 15.8. The lowest BCUT2D eigenvalue weighted by Gasteiger charge is -2.30. The second-order valence-corrected chi connectivity index (χ2v) is 5.87. The van der Waals surface area contributed by atoms with Crippen LogP contribution in [0.25, 0.3) is 11.5 Å². The summed E-state index contributed by atoms with van der Waals surface area (Å²) in [5.74, 6) is 2.26. The topological polar surface area (TPSA) is 85.0 Å². The van der Waals surface area contributed by atoms with Crippen molar-refractivity contribution in [3.05, 3.63) is 24.1 Å². The molecule has 3 heterocycles. The molecule has 1 fully saturated rings. The number of amides is 1. The van der Waals surface area contributed by atoms with E-state index in [2.05, 4.69) is 20.2 Å². The minimum atomic E-state index is 0.216. The zero-order chi connectivity index (χ0) is 16.2. The number of rotatable bonds is 4. The SMILES string of the molecule is CCCC(=O)N1CCC(c2nnc(-c3cnc(C)nc3)o2)CC1. The summed E-state index contributed by atoms with van der Waals surface area (Å²) < 4.78 is 5.79. The summed E-state index contributed by atoms with van der Waals surface area (Å²) in [6.07, 6.45) is 6.62. The molecular formula is C16H21N5O2. The number of hydrogen-bond acceptors (Lipinski definition) is 6. The van der Waals surface area contributed by atoms with Crippen molar-refractivity contribution in [1.82, 2.24) is 25.1 Å². The van der Waals surface area contributed by atoms with Crippen molar-refractivity contribution in [3.8, 4) is 11.5 Å². The molecule has 0 unspecified atom stereocenters. The number of aryl methyl sites for hydroxylation is 1. The number of piperidine rings is 1. The van der Waals surface area contributed by atoms with E-state index >= 15 is 0 Å². The van der Waals surface area contributed by atoms with E-state index < -0.39 is 0 Å². The number of likely N-dealkylation sites (tertiary alicyclic amines) is 1. The molecule has 2 aromatic heterocycles. The number of nitrogens with zero attached hydrogens (tertiary/aromatic N) is 5. The Labute approximate surface area is 135 Å². The van der Waals surface area contributed by atoms with Gasteiger partial charge in [-0.05, 0) is 26.2 Å². The highest BCUT2D eigenvalue weighted by atomic mass is 16.4. The van der Waals surface area contributed by atoms with Crippen LogP contribution in [0.5, 0.6) is 0 Å². The third-order valence-corrected chi connectivity index (χ3v) is 4.13. The molecule has 7 heteroatoms. The molecule has 0 N–H and O–H groups in total. The first-order valence-electron chi connectivity index (χ1n) is 8.07. The predicted molar refractivity (Wildman–Crippen MR) is 83.5 cm³/mol. The smallest absolute Gasteiger partial charge is 0.250 e. The molecular weight excluding hydrogens is 294 g/mol. The molecule has 0 aromatic carbocycles. The molecule has 0 spiro atoms. The highest BCUT2D eigenvalue weighted by Gasteiger charge is 2.27. The zero-order valence-corrected chi connectivity index (χ0v) is 13.5. The fourth-order valence-corrected chi connectivity index (χ4v) is 2.77. The van der Waals surface area contributed by atoms with Crippen molar-refractivity contribution in [2.45, 2.75) is 45.4 Å². The first kappa shape index (κ1) is 15.6. The van der Waals surface area contributed by atoms with Gasteiger partial charge in [-0.2, -0.15) is 0 Å². The Bertz CT molecular complexity index is 659.